The second kappa shape index (κ2) is 8.76. The number of nitrogens with zero attached hydrogens (tertiary/aromatic N) is 1. The Bertz CT molecular complexity index is 901. The molecule has 0 fully saturated rings. The fourth-order valence-corrected chi connectivity index (χ4v) is 4.39. The number of anilines is 1. The Morgan fingerprint density at radius 1 is 1.19 bits per heavy atom. The van der Waals surface area contributed by atoms with Gasteiger partial charge in [0.15, 0.2) is 0 Å². The number of rotatable bonds is 7. The van der Waals surface area contributed by atoms with Crippen LogP contribution in [0.2, 0.25) is 5.02 Å². The molecule has 0 heterocycles. The molecular weight excluding hydrogens is 384 g/mol. The topological polar surface area (TPSA) is 66.5 Å². The number of benzene rings is 2. The maximum absolute atomic E-state index is 12.9. The summed E-state index contributed by atoms with van der Waals surface area (Å²) in [4.78, 5) is 12.9. The number of hydrogen-bond donors (Lipinski definition) is 1. The normalized spacial score (nSPS) is 13.7. The lowest BCUT2D eigenvalue weighted by atomic mass is 10.0. The molecule has 2 atom stereocenters. The van der Waals surface area contributed by atoms with Gasteiger partial charge in [0.2, 0.25) is 15.9 Å². The first-order valence-electron chi connectivity index (χ1n) is 8.76. The van der Waals surface area contributed by atoms with Gasteiger partial charge in [0.25, 0.3) is 0 Å². The van der Waals surface area contributed by atoms with E-state index in [-0.39, 0.29) is 11.9 Å². The highest BCUT2D eigenvalue weighted by Gasteiger charge is 2.31. The zero-order valence-corrected chi connectivity index (χ0v) is 17.5. The van der Waals surface area contributed by atoms with Crippen LogP contribution in [0.4, 0.5) is 5.69 Å². The minimum atomic E-state index is -3.69. The maximum Gasteiger partial charge on any atom is 0.244 e. The van der Waals surface area contributed by atoms with Gasteiger partial charge in [-0.1, -0.05) is 54.9 Å². The van der Waals surface area contributed by atoms with Crippen molar-refractivity contribution in [2.24, 2.45) is 0 Å². The average Bonchev–Trinajstić information content (AvgIpc) is 2.62. The second-order valence-corrected chi connectivity index (χ2v) is 8.84. The van der Waals surface area contributed by atoms with E-state index in [0.29, 0.717) is 17.1 Å². The van der Waals surface area contributed by atoms with Crippen LogP contribution in [0.25, 0.3) is 0 Å². The molecule has 27 heavy (non-hydrogen) atoms. The number of sulfonamides is 1. The number of hydrogen-bond acceptors (Lipinski definition) is 3. The van der Waals surface area contributed by atoms with E-state index in [1.807, 2.05) is 37.3 Å². The first-order chi connectivity index (χ1) is 12.6. The smallest absolute Gasteiger partial charge is 0.244 e. The molecule has 1 amide bonds. The highest BCUT2D eigenvalue weighted by Crippen LogP contribution is 2.28. The highest BCUT2D eigenvalue weighted by molar-refractivity contribution is 7.92. The largest absolute Gasteiger partial charge is 0.347 e. The Hall–Kier alpha value is -2.05. The fraction of sp³-hybridized carbons (Fsp3) is 0.350. The molecular formula is C20H25ClN2O3S. The maximum atomic E-state index is 12.9. The van der Waals surface area contributed by atoms with Crippen LogP contribution >= 0.6 is 11.6 Å². The Kier molecular flexibility index (Phi) is 6.89. The molecule has 0 radical (unpaired) electrons. The van der Waals surface area contributed by atoms with Crippen molar-refractivity contribution < 1.29 is 13.2 Å². The van der Waals surface area contributed by atoms with E-state index in [1.54, 1.807) is 32.0 Å². The Labute approximate surface area is 166 Å². The first-order valence-corrected chi connectivity index (χ1v) is 11.0. The monoisotopic (exact) mass is 408 g/mol. The van der Waals surface area contributed by atoms with Gasteiger partial charge in [-0.3, -0.25) is 9.10 Å². The van der Waals surface area contributed by atoms with Crippen LogP contribution in [0.3, 0.4) is 0 Å². The summed E-state index contributed by atoms with van der Waals surface area (Å²) < 4.78 is 26.1. The summed E-state index contributed by atoms with van der Waals surface area (Å²) in [6, 6.07) is 13.5. The van der Waals surface area contributed by atoms with Gasteiger partial charge in [0.1, 0.15) is 6.04 Å². The van der Waals surface area contributed by atoms with Crippen LogP contribution < -0.4 is 9.62 Å². The van der Waals surface area contributed by atoms with Crippen LogP contribution in [-0.4, -0.2) is 26.6 Å². The molecule has 146 valence electrons. The summed E-state index contributed by atoms with van der Waals surface area (Å²) in [5.74, 6) is -0.365. The van der Waals surface area contributed by atoms with E-state index in [4.69, 9.17) is 11.6 Å². The lowest BCUT2D eigenvalue weighted by molar-refractivity contribution is -0.122. The SMILES string of the molecule is CC[C@H](NC(=O)[C@H](C)N(c1cc(Cl)ccc1C)S(C)(=O)=O)c1ccccc1. The number of carbonyl (C=O) groups excluding carboxylic acids is 1. The number of halogens is 1. The highest BCUT2D eigenvalue weighted by atomic mass is 35.5. The van der Waals surface area contributed by atoms with Crippen LogP contribution in [0.1, 0.15) is 37.4 Å². The molecule has 0 saturated carbocycles. The minimum Gasteiger partial charge on any atom is -0.347 e. The van der Waals surface area contributed by atoms with E-state index < -0.39 is 16.1 Å². The molecule has 2 rings (SSSR count). The number of amides is 1. The first kappa shape index (κ1) is 21.3. The molecule has 2 aromatic rings. The van der Waals surface area contributed by atoms with Gasteiger partial charge in [0.05, 0.1) is 18.0 Å². The summed E-state index contributed by atoms with van der Waals surface area (Å²) in [6.07, 6.45) is 1.78. The van der Waals surface area contributed by atoms with E-state index in [2.05, 4.69) is 5.32 Å². The Morgan fingerprint density at radius 3 is 2.37 bits per heavy atom. The van der Waals surface area contributed by atoms with E-state index >= 15 is 0 Å². The molecule has 5 nitrogen and oxygen atoms in total. The number of nitrogens with one attached hydrogen (secondary N) is 1. The summed E-state index contributed by atoms with van der Waals surface area (Å²) in [5, 5.41) is 3.37. The third kappa shape index (κ3) is 5.23. The third-order valence-electron chi connectivity index (χ3n) is 4.42. The second-order valence-electron chi connectivity index (χ2n) is 6.55. The van der Waals surface area contributed by atoms with E-state index in [0.717, 1.165) is 21.7 Å². The van der Waals surface area contributed by atoms with E-state index in [9.17, 15) is 13.2 Å². The zero-order chi connectivity index (χ0) is 20.2. The predicted octanol–water partition coefficient (Wildman–Crippen LogP) is 4.07. The fourth-order valence-electron chi connectivity index (χ4n) is 3.00. The zero-order valence-electron chi connectivity index (χ0n) is 15.9. The predicted molar refractivity (Wildman–Crippen MR) is 111 cm³/mol. The Balaban J connectivity index is 2.34. The summed E-state index contributed by atoms with van der Waals surface area (Å²) >= 11 is 6.06. The molecule has 0 aliphatic heterocycles. The summed E-state index contributed by atoms with van der Waals surface area (Å²) in [6.45, 7) is 5.33. The van der Waals surface area contributed by atoms with Crippen LogP contribution in [0.15, 0.2) is 48.5 Å². The van der Waals surface area contributed by atoms with Crippen LogP contribution in [-0.2, 0) is 14.8 Å². The van der Waals surface area contributed by atoms with Crippen molar-refractivity contribution in [3.63, 3.8) is 0 Å². The minimum absolute atomic E-state index is 0.192. The van der Waals surface area contributed by atoms with Gasteiger partial charge >= 0.3 is 0 Å². The Morgan fingerprint density at radius 2 is 1.81 bits per heavy atom. The van der Waals surface area contributed by atoms with Crippen LogP contribution in [0, 0.1) is 6.92 Å². The molecule has 0 saturated heterocycles. The van der Waals surface area contributed by atoms with Crippen molar-refractivity contribution in [3.8, 4) is 0 Å². The van der Waals surface area contributed by atoms with Gasteiger partial charge in [-0.2, -0.15) is 0 Å². The number of carbonyl (C=O) groups is 1. The molecule has 0 bridgehead atoms. The van der Waals surface area contributed by atoms with Crippen molar-refractivity contribution in [2.75, 3.05) is 10.6 Å². The van der Waals surface area contributed by atoms with Gasteiger partial charge in [-0.05, 0) is 43.5 Å². The van der Waals surface area contributed by atoms with Crippen molar-refractivity contribution in [3.05, 3.63) is 64.7 Å². The van der Waals surface area contributed by atoms with Crippen molar-refractivity contribution in [1.29, 1.82) is 0 Å². The van der Waals surface area contributed by atoms with Gasteiger partial charge < -0.3 is 5.32 Å². The van der Waals surface area contributed by atoms with Crippen LogP contribution in [0.5, 0.6) is 0 Å². The molecule has 0 unspecified atom stereocenters. The summed E-state index contributed by atoms with van der Waals surface area (Å²) in [7, 11) is -3.69. The summed E-state index contributed by atoms with van der Waals surface area (Å²) in [5.41, 5.74) is 2.10. The molecule has 2 aromatic carbocycles. The lowest BCUT2D eigenvalue weighted by Gasteiger charge is -2.31. The van der Waals surface area contributed by atoms with Gasteiger partial charge in [-0.25, -0.2) is 8.42 Å². The van der Waals surface area contributed by atoms with Gasteiger partial charge in [0, 0.05) is 5.02 Å². The lowest BCUT2D eigenvalue weighted by Crippen LogP contribution is -2.48. The number of aryl methyl sites for hydroxylation is 1. The molecule has 0 aromatic heterocycles. The molecule has 7 heteroatoms. The quantitative estimate of drug-likeness (QED) is 0.750. The van der Waals surface area contributed by atoms with Gasteiger partial charge in [-0.15, -0.1) is 0 Å². The molecule has 0 aliphatic rings. The molecule has 1 N–H and O–H groups in total. The van der Waals surface area contributed by atoms with Crippen molar-refractivity contribution >= 4 is 33.2 Å². The average molecular weight is 409 g/mol. The van der Waals surface area contributed by atoms with Crippen molar-refractivity contribution in [2.45, 2.75) is 39.3 Å². The molecule has 0 aliphatic carbocycles. The third-order valence-corrected chi connectivity index (χ3v) is 5.89. The molecule has 0 spiro atoms. The standard InChI is InChI=1S/C20H25ClN2O3S/c1-5-18(16-9-7-6-8-10-16)22-20(24)15(3)23(27(4,25)26)19-13-17(21)12-11-14(19)2/h6-13,15,18H,5H2,1-4H3,(H,22,24)/t15-,18-/m0/s1. The van der Waals surface area contributed by atoms with Crippen molar-refractivity contribution in [1.82, 2.24) is 5.32 Å². The van der Waals surface area contributed by atoms with E-state index in [1.165, 1.54) is 0 Å².